The van der Waals surface area contributed by atoms with E-state index in [2.05, 4.69) is 4.72 Å². The molecule has 0 rings (SSSR count). The van der Waals surface area contributed by atoms with Crippen molar-refractivity contribution in [3.63, 3.8) is 0 Å². The Kier molecular flexibility index (Phi) is 5.71. The van der Waals surface area contributed by atoms with Crippen LogP contribution in [0.15, 0.2) is 0 Å². The first kappa shape index (κ1) is 14.8. The highest BCUT2D eigenvalue weighted by Crippen LogP contribution is 1.95. The van der Waals surface area contributed by atoms with Gasteiger partial charge in [0.05, 0.1) is 0 Å². The Bertz CT molecular complexity index is 374. The van der Waals surface area contributed by atoms with Gasteiger partial charge in [-0.05, 0) is 12.8 Å². The summed E-state index contributed by atoms with van der Waals surface area (Å²) in [5, 5.41) is -0.874. The zero-order valence-corrected chi connectivity index (χ0v) is 10.6. The first-order chi connectivity index (χ1) is 6.66. The minimum absolute atomic E-state index is 0.0640. The molecular formula is C7H18N2O4S2. The van der Waals surface area contributed by atoms with Crippen LogP contribution in [0.1, 0.15) is 19.8 Å². The largest absolute Gasteiger partial charge is 0.328 e. The van der Waals surface area contributed by atoms with E-state index in [9.17, 15) is 16.8 Å². The minimum atomic E-state index is -3.74. The molecule has 0 aliphatic heterocycles. The lowest BCUT2D eigenvalue weighted by atomic mass is 10.2. The summed E-state index contributed by atoms with van der Waals surface area (Å²) in [4.78, 5) is 0. The molecule has 6 nitrogen and oxygen atoms in total. The Hall–Kier alpha value is -0.180. The lowest BCUT2D eigenvalue weighted by Gasteiger charge is -2.09. The number of hydrogen-bond donors (Lipinski definition) is 2. The van der Waals surface area contributed by atoms with E-state index in [1.807, 2.05) is 6.92 Å². The van der Waals surface area contributed by atoms with Crippen LogP contribution in [0.2, 0.25) is 0 Å². The molecule has 0 saturated heterocycles. The van der Waals surface area contributed by atoms with Crippen LogP contribution in [0.5, 0.6) is 0 Å². The number of nitrogens with two attached hydrogens (primary N) is 1. The molecule has 0 bridgehead atoms. The summed E-state index contributed by atoms with van der Waals surface area (Å²) in [7, 11) is -7.26. The van der Waals surface area contributed by atoms with E-state index < -0.39 is 24.9 Å². The Morgan fingerprint density at radius 1 is 1.27 bits per heavy atom. The van der Waals surface area contributed by atoms with E-state index in [0.29, 0.717) is 6.42 Å². The smallest absolute Gasteiger partial charge is 0.226 e. The summed E-state index contributed by atoms with van der Waals surface area (Å²) in [6.07, 6.45) is 2.14. The molecule has 0 aliphatic rings. The quantitative estimate of drug-likeness (QED) is 0.611. The molecule has 0 aliphatic carbocycles. The molecule has 0 amide bonds. The normalized spacial score (nSPS) is 15.1. The number of nitrogens with one attached hydrogen (secondary N) is 1. The van der Waals surface area contributed by atoms with Gasteiger partial charge in [-0.1, -0.05) is 6.92 Å². The molecule has 0 aromatic rings. The second-order valence-corrected chi connectivity index (χ2v) is 7.82. The summed E-state index contributed by atoms with van der Waals surface area (Å²) in [5.41, 5.74) is 5.58. The number of hydrogen-bond acceptors (Lipinski definition) is 5. The molecular weight excluding hydrogens is 240 g/mol. The summed E-state index contributed by atoms with van der Waals surface area (Å²) in [6, 6.07) is -0.0640. The lowest BCUT2D eigenvalue weighted by molar-refractivity contribution is 0.559. The van der Waals surface area contributed by atoms with E-state index in [1.165, 1.54) is 0 Å². The molecule has 3 N–H and O–H groups in total. The van der Waals surface area contributed by atoms with Crippen molar-refractivity contribution >= 4 is 19.9 Å². The van der Waals surface area contributed by atoms with Crippen LogP contribution in [0.4, 0.5) is 0 Å². The molecule has 0 aromatic heterocycles. The van der Waals surface area contributed by atoms with Crippen LogP contribution in [-0.4, -0.2) is 40.8 Å². The summed E-state index contributed by atoms with van der Waals surface area (Å²) >= 11 is 0. The van der Waals surface area contributed by atoms with E-state index >= 15 is 0 Å². The first-order valence-electron chi connectivity index (χ1n) is 4.57. The maximum atomic E-state index is 11.2. The van der Waals surface area contributed by atoms with Gasteiger partial charge in [-0.2, -0.15) is 0 Å². The molecule has 0 spiro atoms. The molecule has 92 valence electrons. The molecule has 0 saturated carbocycles. The van der Waals surface area contributed by atoms with Crippen LogP contribution in [-0.2, 0) is 19.9 Å². The average molecular weight is 258 g/mol. The van der Waals surface area contributed by atoms with Crippen molar-refractivity contribution in [2.75, 3.05) is 17.9 Å². The Morgan fingerprint density at radius 2 is 1.80 bits per heavy atom. The number of sulfonamides is 1. The van der Waals surface area contributed by atoms with Gasteiger partial charge in [-0.15, -0.1) is 0 Å². The SMILES string of the molecule is CCC(N)CCNS(=O)(=O)CS(C)(=O)=O. The third kappa shape index (κ3) is 8.79. The van der Waals surface area contributed by atoms with Crippen LogP contribution >= 0.6 is 0 Å². The van der Waals surface area contributed by atoms with Crippen LogP contribution in [0.3, 0.4) is 0 Å². The summed E-state index contributed by atoms with van der Waals surface area (Å²) in [5.74, 6) is 0. The third-order valence-electron chi connectivity index (χ3n) is 1.73. The van der Waals surface area contributed by atoms with Gasteiger partial charge in [-0.3, -0.25) is 0 Å². The van der Waals surface area contributed by atoms with Gasteiger partial charge < -0.3 is 5.73 Å². The Balaban J connectivity index is 4.07. The maximum absolute atomic E-state index is 11.2. The van der Waals surface area contributed by atoms with Crippen molar-refractivity contribution < 1.29 is 16.8 Å². The van der Waals surface area contributed by atoms with Gasteiger partial charge in [0.15, 0.2) is 14.9 Å². The second kappa shape index (κ2) is 5.78. The van der Waals surface area contributed by atoms with Crippen molar-refractivity contribution in [3.8, 4) is 0 Å². The first-order valence-corrected chi connectivity index (χ1v) is 8.28. The Labute approximate surface area is 91.2 Å². The number of sulfone groups is 1. The van der Waals surface area contributed by atoms with Crippen molar-refractivity contribution in [1.29, 1.82) is 0 Å². The van der Waals surface area contributed by atoms with E-state index in [1.54, 1.807) is 0 Å². The highest BCUT2D eigenvalue weighted by molar-refractivity contribution is 8.06. The Morgan fingerprint density at radius 3 is 2.20 bits per heavy atom. The van der Waals surface area contributed by atoms with Gasteiger partial charge in [0, 0.05) is 18.8 Å². The lowest BCUT2D eigenvalue weighted by Crippen LogP contribution is -2.33. The highest BCUT2D eigenvalue weighted by Gasteiger charge is 2.17. The average Bonchev–Trinajstić information content (AvgIpc) is 1.98. The van der Waals surface area contributed by atoms with Gasteiger partial charge in [-0.25, -0.2) is 21.6 Å². The topological polar surface area (TPSA) is 106 Å². The van der Waals surface area contributed by atoms with Crippen molar-refractivity contribution in [1.82, 2.24) is 4.72 Å². The van der Waals surface area contributed by atoms with Gasteiger partial charge in [0.2, 0.25) is 10.0 Å². The molecule has 15 heavy (non-hydrogen) atoms. The van der Waals surface area contributed by atoms with E-state index in [4.69, 9.17) is 5.73 Å². The van der Waals surface area contributed by atoms with Crippen LogP contribution < -0.4 is 10.5 Å². The fraction of sp³-hybridized carbons (Fsp3) is 1.00. The van der Waals surface area contributed by atoms with Gasteiger partial charge in [0.1, 0.15) is 0 Å². The van der Waals surface area contributed by atoms with Crippen molar-refractivity contribution in [3.05, 3.63) is 0 Å². The predicted octanol–water partition coefficient (Wildman–Crippen LogP) is -0.965. The third-order valence-corrected chi connectivity index (χ3v) is 5.33. The van der Waals surface area contributed by atoms with Crippen LogP contribution in [0, 0.1) is 0 Å². The van der Waals surface area contributed by atoms with E-state index in [-0.39, 0.29) is 12.6 Å². The maximum Gasteiger partial charge on any atom is 0.226 e. The molecule has 0 radical (unpaired) electrons. The molecule has 0 fully saturated rings. The highest BCUT2D eigenvalue weighted by atomic mass is 32.3. The standard InChI is InChI=1S/C7H18N2O4S2/c1-3-7(8)4-5-9-15(12,13)6-14(2,10)11/h7,9H,3-6,8H2,1-2H3. The van der Waals surface area contributed by atoms with Crippen LogP contribution in [0.25, 0.3) is 0 Å². The minimum Gasteiger partial charge on any atom is -0.328 e. The predicted molar refractivity (Wildman–Crippen MR) is 59.5 cm³/mol. The fourth-order valence-electron chi connectivity index (χ4n) is 0.927. The zero-order valence-electron chi connectivity index (χ0n) is 8.93. The monoisotopic (exact) mass is 258 g/mol. The molecule has 1 atom stereocenters. The molecule has 0 aromatic carbocycles. The van der Waals surface area contributed by atoms with Crippen molar-refractivity contribution in [2.24, 2.45) is 5.73 Å². The fourth-order valence-corrected chi connectivity index (χ4v) is 3.94. The second-order valence-electron chi connectivity index (χ2n) is 3.51. The number of rotatable bonds is 7. The van der Waals surface area contributed by atoms with Gasteiger partial charge >= 0.3 is 0 Å². The molecule has 8 heteroatoms. The van der Waals surface area contributed by atoms with E-state index in [0.717, 1.165) is 12.7 Å². The summed E-state index contributed by atoms with van der Waals surface area (Å²) in [6.45, 7) is 2.07. The van der Waals surface area contributed by atoms with Crippen molar-refractivity contribution in [2.45, 2.75) is 25.8 Å². The zero-order chi connectivity index (χ0) is 12.1. The molecule has 0 heterocycles. The molecule has 1 unspecified atom stereocenters. The van der Waals surface area contributed by atoms with Gasteiger partial charge in [0.25, 0.3) is 0 Å². The summed E-state index contributed by atoms with van der Waals surface area (Å²) < 4.78 is 46.1.